The minimum atomic E-state index is -0.244. The van der Waals surface area contributed by atoms with E-state index < -0.39 is 0 Å². The number of pyridine rings is 1. The number of aromatic nitrogens is 1. The SMILES string of the molecule is Cc1ncc(CO)c(C=NCCc2ccccc2F)c1O. The zero-order chi connectivity index (χ0) is 15.2. The molecule has 0 spiro atoms. The van der Waals surface area contributed by atoms with Crippen LogP contribution in [0.1, 0.15) is 22.4 Å². The molecule has 4 nitrogen and oxygen atoms in total. The van der Waals surface area contributed by atoms with Gasteiger partial charge in [-0.25, -0.2) is 4.39 Å². The first-order valence-corrected chi connectivity index (χ1v) is 6.65. The topological polar surface area (TPSA) is 65.7 Å². The zero-order valence-electron chi connectivity index (χ0n) is 11.8. The van der Waals surface area contributed by atoms with Crippen LogP contribution in [0.4, 0.5) is 4.39 Å². The maximum Gasteiger partial charge on any atom is 0.145 e. The lowest BCUT2D eigenvalue weighted by Gasteiger charge is -2.07. The second-order valence-corrected chi connectivity index (χ2v) is 4.67. The van der Waals surface area contributed by atoms with Crippen molar-refractivity contribution < 1.29 is 14.6 Å². The van der Waals surface area contributed by atoms with Crippen LogP contribution < -0.4 is 0 Å². The van der Waals surface area contributed by atoms with Gasteiger partial charge in [0.05, 0.1) is 12.3 Å². The van der Waals surface area contributed by atoms with E-state index in [1.54, 1.807) is 25.1 Å². The molecule has 0 saturated carbocycles. The number of benzene rings is 1. The third-order valence-electron chi connectivity index (χ3n) is 3.22. The van der Waals surface area contributed by atoms with Gasteiger partial charge in [-0.05, 0) is 25.0 Å². The molecule has 2 rings (SSSR count). The molecule has 2 aromatic rings. The van der Waals surface area contributed by atoms with Crippen LogP contribution >= 0.6 is 0 Å². The minimum absolute atomic E-state index is 0.0104. The summed E-state index contributed by atoms with van der Waals surface area (Å²) in [5.74, 6) is -0.234. The highest BCUT2D eigenvalue weighted by atomic mass is 19.1. The number of nitrogens with zero attached hydrogens (tertiary/aromatic N) is 2. The van der Waals surface area contributed by atoms with Crippen molar-refractivity contribution in [2.45, 2.75) is 20.0 Å². The molecule has 0 aliphatic heterocycles. The number of halogens is 1. The molecule has 0 fully saturated rings. The number of aromatic hydroxyl groups is 1. The molecular formula is C16H17FN2O2. The van der Waals surface area contributed by atoms with E-state index in [1.165, 1.54) is 18.5 Å². The molecule has 0 radical (unpaired) electrons. The average Bonchev–Trinajstić information content (AvgIpc) is 2.49. The van der Waals surface area contributed by atoms with Crippen LogP contribution in [0.3, 0.4) is 0 Å². The van der Waals surface area contributed by atoms with Crippen LogP contribution in [0.5, 0.6) is 5.75 Å². The first-order valence-electron chi connectivity index (χ1n) is 6.65. The fourth-order valence-corrected chi connectivity index (χ4v) is 1.96. The van der Waals surface area contributed by atoms with Crippen molar-refractivity contribution in [3.8, 4) is 5.75 Å². The van der Waals surface area contributed by atoms with E-state index in [0.29, 0.717) is 35.3 Å². The Labute approximate surface area is 122 Å². The summed E-state index contributed by atoms with van der Waals surface area (Å²) < 4.78 is 13.4. The van der Waals surface area contributed by atoms with E-state index in [2.05, 4.69) is 9.98 Å². The van der Waals surface area contributed by atoms with Gasteiger partial charge >= 0.3 is 0 Å². The monoisotopic (exact) mass is 288 g/mol. The average molecular weight is 288 g/mol. The predicted molar refractivity (Wildman–Crippen MR) is 79.1 cm³/mol. The Bertz CT molecular complexity index is 657. The number of rotatable bonds is 5. The molecular weight excluding hydrogens is 271 g/mol. The molecule has 2 N–H and O–H groups in total. The van der Waals surface area contributed by atoms with Crippen molar-refractivity contribution in [1.29, 1.82) is 0 Å². The second-order valence-electron chi connectivity index (χ2n) is 4.67. The first-order chi connectivity index (χ1) is 10.1. The Balaban J connectivity index is 2.08. The number of aliphatic hydroxyl groups is 1. The van der Waals surface area contributed by atoms with Gasteiger partial charge in [-0.3, -0.25) is 9.98 Å². The van der Waals surface area contributed by atoms with Gasteiger partial charge in [0.2, 0.25) is 0 Å². The summed E-state index contributed by atoms with van der Waals surface area (Å²) in [7, 11) is 0. The minimum Gasteiger partial charge on any atom is -0.505 e. The summed E-state index contributed by atoms with van der Waals surface area (Å²) in [5, 5.41) is 19.2. The molecule has 0 saturated heterocycles. The summed E-state index contributed by atoms with van der Waals surface area (Å²) in [5.41, 5.74) is 2.04. The summed E-state index contributed by atoms with van der Waals surface area (Å²) in [6.07, 6.45) is 3.48. The van der Waals surface area contributed by atoms with Crippen molar-refractivity contribution in [1.82, 2.24) is 4.98 Å². The van der Waals surface area contributed by atoms with Crippen molar-refractivity contribution in [2.24, 2.45) is 4.99 Å². The van der Waals surface area contributed by atoms with E-state index in [0.717, 1.165) is 0 Å². The summed E-state index contributed by atoms with van der Waals surface area (Å²) >= 11 is 0. The molecule has 1 aromatic carbocycles. The third kappa shape index (κ3) is 3.64. The van der Waals surface area contributed by atoms with Gasteiger partial charge in [0.15, 0.2) is 0 Å². The maximum absolute atomic E-state index is 13.4. The quantitative estimate of drug-likeness (QED) is 0.830. The number of aryl methyl sites for hydroxylation is 1. The van der Waals surface area contributed by atoms with Crippen molar-refractivity contribution >= 4 is 6.21 Å². The Morgan fingerprint density at radius 1 is 1.29 bits per heavy atom. The Kier molecular flexibility index (Phi) is 5.00. The van der Waals surface area contributed by atoms with Gasteiger partial charge in [0, 0.05) is 30.1 Å². The van der Waals surface area contributed by atoms with Crippen LogP contribution in [0.15, 0.2) is 35.5 Å². The molecule has 0 aliphatic carbocycles. The van der Waals surface area contributed by atoms with Gasteiger partial charge in [-0.15, -0.1) is 0 Å². The number of hydrogen-bond acceptors (Lipinski definition) is 4. The highest BCUT2D eigenvalue weighted by molar-refractivity contribution is 5.85. The van der Waals surface area contributed by atoms with E-state index in [1.807, 2.05) is 0 Å². The molecule has 0 bridgehead atoms. The van der Waals surface area contributed by atoms with Crippen LogP contribution in [-0.2, 0) is 13.0 Å². The molecule has 1 heterocycles. The smallest absolute Gasteiger partial charge is 0.145 e. The summed E-state index contributed by atoms with van der Waals surface area (Å²) in [6.45, 7) is 1.84. The van der Waals surface area contributed by atoms with Crippen LogP contribution in [0, 0.1) is 12.7 Å². The van der Waals surface area contributed by atoms with Gasteiger partial charge in [-0.2, -0.15) is 0 Å². The fraction of sp³-hybridized carbons (Fsp3) is 0.250. The Morgan fingerprint density at radius 2 is 2.05 bits per heavy atom. The molecule has 0 atom stereocenters. The highest BCUT2D eigenvalue weighted by Gasteiger charge is 2.09. The summed E-state index contributed by atoms with van der Waals surface area (Å²) in [4.78, 5) is 8.17. The second kappa shape index (κ2) is 6.95. The maximum atomic E-state index is 13.4. The van der Waals surface area contributed by atoms with E-state index in [-0.39, 0.29) is 18.2 Å². The largest absolute Gasteiger partial charge is 0.505 e. The Morgan fingerprint density at radius 3 is 2.76 bits per heavy atom. The highest BCUT2D eigenvalue weighted by Crippen LogP contribution is 2.21. The van der Waals surface area contributed by atoms with Gasteiger partial charge in [0.1, 0.15) is 11.6 Å². The van der Waals surface area contributed by atoms with Gasteiger partial charge in [0.25, 0.3) is 0 Å². The lowest BCUT2D eigenvalue weighted by molar-refractivity contribution is 0.280. The number of hydrogen-bond donors (Lipinski definition) is 2. The van der Waals surface area contributed by atoms with Crippen molar-refractivity contribution in [3.05, 3.63) is 58.7 Å². The van der Waals surface area contributed by atoms with Crippen molar-refractivity contribution in [3.63, 3.8) is 0 Å². The lowest BCUT2D eigenvalue weighted by atomic mass is 10.1. The molecule has 21 heavy (non-hydrogen) atoms. The van der Waals surface area contributed by atoms with Crippen molar-refractivity contribution in [2.75, 3.05) is 6.54 Å². The predicted octanol–water partition coefficient (Wildman–Crippen LogP) is 2.39. The third-order valence-corrected chi connectivity index (χ3v) is 3.22. The molecule has 0 aliphatic rings. The Hall–Kier alpha value is -2.27. The molecule has 110 valence electrons. The van der Waals surface area contributed by atoms with Crippen LogP contribution in [-0.4, -0.2) is 28.0 Å². The van der Waals surface area contributed by atoms with Gasteiger partial charge < -0.3 is 10.2 Å². The molecule has 0 amide bonds. The summed E-state index contributed by atoms with van der Waals surface area (Å²) in [6, 6.07) is 6.57. The number of aliphatic imine (C=N–C) groups is 1. The fourth-order valence-electron chi connectivity index (χ4n) is 1.96. The van der Waals surface area contributed by atoms with Gasteiger partial charge in [-0.1, -0.05) is 18.2 Å². The lowest BCUT2D eigenvalue weighted by Crippen LogP contribution is -1.99. The normalized spacial score (nSPS) is 11.2. The molecule has 5 heteroatoms. The zero-order valence-corrected chi connectivity index (χ0v) is 11.8. The van der Waals surface area contributed by atoms with Crippen LogP contribution in [0.25, 0.3) is 0 Å². The molecule has 0 unspecified atom stereocenters. The first kappa shape index (κ1) is 15.1. The van der Waals surface area contributed by atoms with E-state index >= 15 is 0 Å². The standard InChI is InChI=1S/C16H17FN2O2/c1-11-16(21)14(13(10-20)8-19-11)9-18-7-6-12-4-2-3-5-15(12)17/h2-5,8-9,20-21H,6-7,10H2,1H3. The van der Waals surface area contributed by atoms with Crippen LogP contribution in [0.2, 0.25) is 0 Å². The van der Waals surface area contributed by atoms with E-state index in [4.69, 9.17) is 0 Å². The van der Waals surface area contributed by atoms with E-state index in [9.17, 15) is 14.6 Å². The molecule has 1 aromatic heterocycles. The number of aliphatic hydroxyl groups excluding tert-OH is 1.